The molecule has 2 fully saturated rings. The number of nitrogens with zero attached hydrogens (tertiary/aromatic N) is 2. The van der Waals surface area contributed by atoms with Crippen molar-refractivity contribution in [3.8, 4) is 0 Å². The van der Waals surface area contributed by atoms with Gasteiger partial charge < -0.3 is 25.0 Å². The molecule has 2 aliphatic heterocycles. The molecular formula is C18H36N4O2. The van der Waals surface area contributed by atoms with Gasteiger partial charge in [-0.15, -0.1) is 0 Å². The quantitative estimate of drug-likeness (QED) is 0.518. The van der Waals surface area contributed by atoms with Crippen molar-refractivity contribution in [2.45, 2.75) is 52.7 Å². The van der Waals surface area contributed by atoms with Gasteiger partial charge in [0.2, 0.25) is 0 Å². The van der Waals surface area contributed by atoms with E-state index in [9.17, 15) is 0 Å². The van der Waals surface area contributed by atoms with Crippen molar-refractivity contribution in [1.29, 1.82) is 0 Å². The van der Waals surface area contributed by atoms with Gasteiger partial charge in [-0.25, -0.2) is 0 Å². The van der Waals surface area contributed by atoms with Crippen molar-refractivity contribution in [3.05, 3.63) is 0 Å². The Morgan fingerprint density at radius 2 is 2.04 bits per heavy atom. The van der Waals surface area contributed by atoms with Crippen LogP contribution < -0.4 is 10.6 Å². The van der Waals surface area contributed by atoms with Gasteiger partial charge in [0.1, 0.15) is 0 Å². The smallest absolute Gasteiger partial charge is 0.191 e. The zero-order valence-electron chi connectivity index (χ0n) is 15.9. The van der Waals surface area contributed by atoms with Crippen molar-refractivity contribution < 1.29 is 9.47 Å². The Hall–Kier alpha value is -0.850. The third-order valence-corrected chi connectivity index (χ3v) is 4.65. The van der Waals surface area contributed by atoms with Crippen LogP contribution in [0, 0.1) is 5.41 Å². The zero-order valence-corrected chi connectivity index (χ0v) is 15.9. The molecule has 0 saturated carbocycles. The number of nitrogens with one attached hydrogen (secondary N) is 2. The minimum absolute atomic E-state index is 0.224. The average molecular weight is 341 g/mol. The maximum atomic E-state index is 5.65. The van der Waals surface area contributed by atoms with Gasteiger partial charge in [-0.05, 0) is 33.6 Å². The van der Waals surface area contributed by atoms with Gasteiger partial charge in [0.25, 0.3) is 0 Å². The SMILES string of the molecule is CCNC(=NCC1(C)COC1)NC1CCN(CCOC(C)C)CC1. The van der Waals surface area contributed by atoms with Crippen LogP contribution in [0.4, 0.5) is 0 Å². The lowest BCUT2D eigenvalue weighted by molar-refractivity contribution is -0.0945. The third kappa shape index (κ3) is 6.57. The molecule has 0 aromatic rings. The molecule has 6 heteroatoms. The first kappa shape index (κ1) is 19.5. The zero-order chi connectivity index (χ0) is 17.4. The van der Waals surface area contributed by atoms with Gasteiger partial charge in [0.05, 0.1) is 32.5 Å². The van der Waals surface area contributed by atoms with E-state index < -0.39 is 0 Å². The average Bonchev–Trinajstić information content (AvgIpc) is 2.52. The first-order chi connectivity index (χ1) is 11.5. The van der Waals surface area contributed by atoms with Crippen molar-refractivity contribution in [2.75, 3.05) is 52.5 Å². The molecule has 6 nitrogen and oxygen atoms in total. The van der Waals surface area contributed by atoms with E-state index in [1.54, 1.807) is 0 Å². The fourth-order valence-corrected chi connectivity index (χ4v) is 3.04. The predicted octanol–water partition coefficient (Wildman–Crippen LogP) is 1.47. The molecule has 2 saturated heterocycles. The molecule has 2 heterocycles. The summed E-state index contributed by atoms with van der Waals surface area (Å²) in [6.07, 6.45) is 2.64. The summed E-state index contributed by atoms with van der Waals surface area (Å²) in [6.45, 7) is 16.0. The first-order valence-electron chi connectivity index (χ1n) is 9.47. The van der Waals surface area contributed by atoms with Gasteiger partial charge in [-0.2, -0.15) is 0 Å². The molecule has 0 aromatic carbocycles. The molecule has 0 unspecified atom stereocenters. The lowest BCUT2D eigenvalue weighted by Crippen LogP contribution is -2.50. The summed E-state index contributed by atoms with van der Waals surface area (Å²) < 4.78 is 11.0. The Labute approximate surface area is 147 Å². The molecule has 0 atom stereocenters. The summed E-state index contributed by atoms with van der Waals surface area (Å²) in [5, 5.41) is 6.99. The van der Waals surface area contributed by atoms with E-state index in [0.29, 0.717) is 12.1 Å². The largest absolute Gasteiger partial charge is 0.380 e. The molecule has 0 bridgehead atoms. The molecular weight excluding hydrogens is 304 g/mol. The van der Waals surface area contributed by atoms with Gasteiger partial charge in [0, 0.05) is 37.6 Å². The van der Waals surface area contributed by atoms with Crippen molar-refractivity contribution in [1.82, 2.24) is 15.5 Å². The summed E-state index contributed by atoms with van der Waals surface area (Å²) in [6, 6.07) is 0.510. The minimum Gasteiger partial charge on any atom is -0.380 e. The molecule has 0 amide bonds. The van der Waals surface area contributed by atoms with Crippen LogP contribution in [-0.2, 0) is 9.47 Å². The second-order valence-corrected chi connectivity index (χ2v) is 7.68. The predicted molar refractivity (Wildman–Crippen MR) is 98.6 cm³/mol. The van der Waals surface area contributed by atoms with Crippen LogP contribution in [0.25, 0.3) is 0 Å². The van der Waals surface area contributed by atoms with Crippen LogP contribution >= 0.6 is 0 Å². The van der Waals surface area contributed by atoms with E-state index in [1.807, 2.05) is 0 Å². The summed E-state index contributed by atoms with van der Waals surface area (Å²) in [5.74, 6) is 0.951. The Balaban J connectivity index is 1.70. The topological polar surface area (TPSA) is 58.1 Å². The molecule has 0 aromatic heterocycles. The van der Waals surface area contributed by atoms with E-state index in [4.69, 9.17) is 14.5 Å². The Bertz CT molecular complexity index is 388. The molecule has 0 aliphatic carbocycles. The molecule has 2 aliphatic rings. The number of ether oxygens (including phenoxy) is 2. The molecule has 140 valence electrons. The summed E-state index contributed by atoms with van der Waals surface area (Å²) in [5.41, 5.74) is 0.224. The fraction of sp³-hybridized carbons (Fsp3) is 0.944. The van der Waals surface area contributed by atoms with Crippen molar-refractivity contribution in [3.63, 3.8) is 0 Å². The van der Waals surface area contributed by atoms with Crippen LogP contribution in [0.1, 0.15) is 40.5 Å². The number of guanidine groups is 1. The number of hydrogen-bond acceptors (Lipinski definition) is 4. The van der Waals surface area contributed by atoms with Gasteiger partial charge in [0.15, 0.2) is 5.96 Å². The molecule has 2 N–H and O–H groups in total. The van der Waals surface area contributed by atoms with Gasteiger partial charge in [-0.3, -0.25) is 4.99 Å². The lowest BCUT2D eigenvalue weighted by atomic mass is 9.89. The van der Waals surface area contributed by atoms with Crippen LogP contribution in [-0.4, -0.2) is 75.5 Å². The minimum atomic E-state index is 0.224. The number of piperidine rings is 1. The fourth-order valence-electron chi connectivity index (χ4n) is 3.04. The normalized spacial score (nSPS) is 22.5. The van der Waals surface area contributed by atoms with Gasteiger partial charge >= 0.3 is 0 Å². The van der Waals surface area contributed by atoms with E-state index in [1.165, 1.54) is 0 Å². The highest BCUT2D eigenvalue weighted by atomic mass is 16.5. The number of aliphatic imine (C=N–C) groups is 1. The van der Waals surface area contributed by atoms with Crippen LogP contribution in [0.15, 0.2) is 4.99 Å². The van der Waals surface area contributed by atoms with Gasteiger partial charge in [-0.1, -0.05) is 6.92 Å². The Morgan fingerprint density at radius 1 is 1.33 bits per heavy atom. The molecule has 24 heavy (non-hydrogen) atoms. The summed E-state index contributed by atoms with van der Waals surface area (Å²) in [4.78, 5) is 7.27. The Kier molecular flexibility index (Phi) is 7.78. The second-order valence-electron chi connectivity index (χ2n) is 7.68. The standard InChI is InChI=1S/C18H36N4O2/c1-5-19-17(20-12-18(4)13-23-14-18)21-16-6-8-22(9-7-16)10-11-24-15(2)3/h15-16H,5-14H2,1-4H3,(H2,19,20,21). The maximum Gasteiger partial charge on any atom is 0.191 e. The van der Waals surface area contributed by atoms with E-state index in [0.717, 1.165) is 71.3 Å². The van der Waals surface area contributed by atoms with Crippen molar-refractivity contribution >= 4 is 5.96 Å². The van der Waals surface area contributed by atoms with Crippen LogP contribution in [0.2, 0.25) is 0 Å². The molecule has 2 rings (SSSR count). The van der Waals surface area contributed by atoms with Crippen LogP contribution in [0.3, 0.4) is 0 Å². The highest BCUT2D eigenvalue weighted by molar-refractivity contribution is 5.80. The number of rotatable bonds is 8. The Morgan fingerprint density at radius 3 is 2.58 bits per heavy atom. The monoisotopic (exact) mass is 340 g/mol. The second kappa shape index (κ2) is 9.59. The molecule has 0 radical (unpaired) electrons. The van der Waals surface area contributed by atoms with E-state index in [-0.39, 0.29) is 5.41 Å². The van der Waals surface area contributed by atoms with E-state index in [2.05, 4.69) is 43.2 Å². The summed E-state index contributed by atoms with van der Waals surface area (Å²) >= 11 is 0. The van der Waals surface area contributed by atoms with Crippen LogP contribution in [0.5, 0.6) is 0 Å². The highest BCUT2D eigenvalue weighted by Crippen LogP contribution is 2.26. The maximum absolute atomic E-state index is 5.65. The molecule has 0 spiro atoms. The number of likely N-dealkylation sites (tertiary alicyclic amines) is 1. The first-order valence-corrected chi connectivity index (χ1v) is 9.47. The third-order valence-electron chi connectivity index (χ3n) is 4.65. The lowest BCUT2D eigenvalue weighted by Gasteiger charge is -2.37. The highest BCUT2D eigenvalue weighted by Gasteiger charge is 2.33. The number of hydrogen-bond donors (Lipinski definition) is 2. The van der Waals surface area contributed by atoms with E-state index >= 15 is 0 Å². The van der Waals surface area contributed by atoms with Crippen molar-refractivity contribution in [2.24, 2.45) is 10.4 Å². The summed E-state index contributed by atoms with van der Waals surface area (Å²) in [7, 11) is 0.